The lowest BCUT2D eigenvalue weighted by Crippen LogP contribution is -2.50. The number of aromatic nitrogens is 1. The Labute approximate surface area is 149 Å². The molecule has 6 nitrogen and oxygen atoms in total. The summed E-state index contributed by atoms with van der Waals surface area (Å²) < 4.78 is 39.1. The molecule has 26 heavy (non-hydrogen) atoms. The van der Waals surface area contributed by atoms with Gasteiger partial charge >= 0.3 is 6.18 Å². The molecule has 1 N–H and O–H groups in total. The van der Waals surface area contributed by atoms with Crippen molar-refractivity contribution in [2.45, 2.75) is 37.5 Å². The van der Waals surface area contributed by atoms with Crippen molar-refractivity contribution in [3.8, 4) is 0 Å². The van der Waals surface area contributed by atoms with Crippen molar-refractivity contribution in [3.05, 3.63) is 29.6 Å². The number of amides is 2. The summed E-state index contributed by atoms with van der Waals surface area (Å²) in [4.78, 5) is 31.7. The van der Waals surface area contributed by atoms with Gasteiger partial charge in [0.05, 0.1) is 17.2 Å². The molecule has 3 heterocycles. The summed E-state index contributed by atoms with van der Waals surface area (Å²) in [5.74, 6) is -0.631. The lowest BCUT2D eigenvalue weighted by molar-refractivity contribution is -0.138. The largest absolute Gasteiger partial charge is 0.418 e. The molecule has 0 radical (unpaired) electrons. The van der Waals surface area contributed by atoms with Crippen molar-refractivity contribution in [1.29, 1.82) is 0 Å². The van der Waals surface area contributed by atoms with Crippen molar-refractivity contribution < 1.29 is 22.8 Å². The van der Waals surface area contributed by atoms with Crippen LogP contribution >= 0.6 is 0 Å². The average molecular weight is 370 g/mol. The zero-order valence-corrected chi connectivity index (χ0v) is 14.4. The number of likely N-dealkylation sites (N-methyl/N-ethyl adjacent to an activating group) is 1. The Kier molecular flexibility index (Phi) is 5.17. The van der Waals surface area contributed by atoms with Crippen LogP contribution in [0.1, 0.15) is 35.2 Å². The summed E-state index contributed by atoms with van der Waals surface area (Å²) in [6, 6.07) is 0.760. The number of piperidine rings is 1. The highest BCUT2D eigenvalue weighted by atomic mass is 19.4. The minimum atomic E-state index is -4.63. The fraction of sp³-hybridized carbons (Fsp3) is 0.588. The molecule has 2 aliphatic heterocycles. The van der Waals surface area contributed by atoms with Gasteiger partial charge in [-0.25, -0.2) is 0 Å². The van der Waals surface area contributed by atoms with Crippen molar-refractivity contribution >= 4 is 11.8 Å². The summed E-state index contributed by atoms with van der Waals surface area (Å²) in [5.41, 5.74) is -1.45. The van der Waals surface area contributed by atoms with E-state index in [0.717, 1.165) is 19.0 Å². The number of carbonyl (C=O) groups is 2. The number of likely N-dealkylation sites (tertiary alicyclic amines) is 2. The molecule has 0 aromatic carbocycles. The first kappa shape index (κ1) is 18.6. The van der Waals surface area contributed by atoms with Crippen LogP contribution in [0.3, 0.4) is 0 Å². The van der Waals surface area contributed by atoms with Crippen LogP contribution in [0, 0.1) is 0 Å². The Morgan fingerprint density at radius 3 is 2.50 bits per heavy atom. The Bertz CT molecular complexity index is 687. The number of pyridine rings is 1. The van der Waals surface area contributed by atoms with Crippen molar-refractivity contribution in [1.82, 2.24) is 20.1 Å². The first-order chi connectivity index (χ1) is 12.3. The molecule has 142 valence electrons. The lowest BCUT2D eigenvalue weighted by atomic mass is 10.0. The summed E-state index contributed by atoms with van der Waals surface area (Å²) in [6.45, 7) is 2.01. The lowest BCUT2D eigenvalue weighted by Gasteiger charge is -2.35. The molecule has 1 aromatic rings. The minimum absolute atomic E-state index is 0.110. The molecule has 2 aliphatic rings. The van der Waals surface area contributed by atoms with E-state index in [1.807, 2.05) is 0 Å². The van der Waals surface area contributed by atoms with E-state index in [1.54, 1.807) is 11.9 Å². The quantitative estimate of drug-likeness (QED) is 0.876. The van der Waals surface area contributed by atoms with Gasteiger partial charge in [-0.05, 0) is 25.3 Å². The molecular weight excluding hydrogens is 349 g/mol. The van der Waals surface area contributed by atoms with Crippen LogP contribution in [0.5, 0.6) is 0 Å². The zero-order valence-electron chi connectivity index (χ0n) is 14.4. The third-order valence-corrected chi connectivity index (χ3v) is 5.08. The van der Waals surface area contributed by atoms with Gasteiger partial charge in [-0.15, -0.1) is 0 Å². The molecule has 9 heteroatoms. The number of halogens is 3. The van der Waals surface area contributed by atoms with Gasteiger partial charge in [-0.3, -0.25) is 19.5 Å². The minimum Gasteiger partial charge on any atom is -0.349 e. The molecule has 3 rings (SSSR count). The second kappa shape index (κ2) is 7.22. The number of hydrogen-bond acceptors (Lipinski definition) is 4. The Morgan fingerprint density at radius 2 is 1.92 bits per heavy atom. The topological polar surface area (TPSA) is 65.5 Å². The molecule has 0 bridgehead atoms. The van der Waals surface area contributed by atoms with Crippen LogP contribution in [0.15, 0.2) is 18.5 Å². The highest BCUT2D eigenvalue weighted by molar-refractivity contribution is 5.95. The standard InChI is InChI=1S/C17H21F3N4O2/c1-23-7-5-14(16(23)26)24-8-3-11(4-9-24)22-15(25)12-2-6-21-10-13(12)17(18,19)20/h2,6,10-11,14H,3-5,7-9H2,1H3,(H,22,25). The molecule has 2 saturated heterocycles. The van der Waals surface area contributed by atoms with Gasteiger partial charge in [-0.1, -0.05) is 0 Å². The molecule has 0 aliphatic carbocycles. The maximum Gasteiger partial charge on any atom is 0.418 e. The van der Waals surface area contributed by atoms with Gasteiger partial charge in [0.25, 0.3) is 5.91 Å². The molecule has 2 amide bonds. The number of nitrogens with one attached hydrogen (secondary N) is 1. The number of alkyl halides is 3. The number of rotatable bonds is 3. The Morgan fingerprint density at radius 1 is 1.23 bits per heavy atom. The van der Waals surface area contributed by atoms with Crippen molar-refractivity contribution in [3.63, 3.8) is 0 Å². The third kappa shape index (κ3) is 3.82. The molecule has 1 unspecified atom stereocenters. The third-order valence-electron chi connectivity index (χ3n) is 5.08. The first-order valence-electron chi connectivity index (χ1n) is 8.58. The van der Waals surface area contributed by atoms with Gasteiger partial charge in [0.2, 0.25) is 5.91 Å². The SMILES string of the molecule is CN1CCC(N2CCC(NC(=O)c3ccncc3C(F)(F)F)CC2)C1=O. The van der Waals surface area contributed by atoms with Crippen LogP contribution in [-0.4, -0.2) is 65.4 Å². The highest BCUT2D eigenvalue weighted by Gasteiger charge is 2.37. The van der Waals surface area contributed by atoms with Crippen LogP contribution < -0.4 is 5.32 Å². The Hall–Kier alpha value is -2.16. The molecule has 1 aromatic heterocycles. The fourth-order valence-electron chi connectivity index (χ4n) is 3.58. The summed E-state index contributed by atoms with van der Waals surface area (Å²) in [6.07, 6.45) is -0.788. The van der Waals surface area contributed by atoms with E-state index >= 15 is 0 Å². The molecule has 1 atom stereocenters. The van der Waals surface area contributed by atoms with Crippen LogP contribution in [-0.2, 0) is 11.0 Å². The first-order valence-corrected chi connectivity index (χ1v) is 8.58. The fourth-order valence-corrected chi connectivity index (χ4v) is 3.58. The smallest absolute Gasteiger partial charge is 0.349 e. The summed E-state index contributed by atoms with van der Waals surface area (Å²) in [5, 5.41) is 2.69. The van der Waals surface area contributed by atoms with Crippen LogP contribution in [0.2, 0.25) is 0 Å². The van der Waals surface area contributed by atoms with Gasteiger partial charge in [-0.2, -0.15) is 13.2 Å². The highest BCUT2D eigenvalue weighted by Crippen LogP contribution is 2.31. The van der Waals surface area contributed by atoms with E-state index in [-0.39, 0.29) is 18.0 Å². The zero-order chi connectivity index (χ0) is 18.9. The normalized spacial score (nSPS) is 22.7. The van der Waals surface area contributed by atoms with E-state index in [4.69, 9.17) is 0 Å². The summed E-state index contributed by atoms with van der Waals surface area (Å²) >= 11 is 0. The monoisotopic (exact) mass is 370 g/mol. The predicted octanol–water partition coefficient (Wildman–Crippen LogP) is 1.53. The summed E-state index contributed by atoms with van der Waals surface area (Å²) in [7, 11) is 1.78. The Balaban J connectivity index is 1.59. The van der Waals surface area contributed by atoms with Gasteiger partial charge in [0.1, 0.15) is 0 Å². The number of hydrogen-bond donors (Lipinski definition) is 1. The van der Waals surface area contributed by atoms with E-state index in [9.17, 15) is 22.8 Å². The van der Waals surface area contributed by atoms with Crippen LogP contribution in [0.4, 0.5) is 13.2 Å². The molecule has 0 saturated carbocycles. The van der Waals surface area contributed by atoms with Gasteiger partial charge in [0.15, 0.2) is 0 Å². The van der Waals surface area contributed by atoms with Gasteiger partial charge in [0, 0.05) is 45.1 Å². The van der Waals surface area contributed by atoms with E-state index in [2.05, 4.69) is 15.2 Å². The van der Waals surface area contributed by atoms with E-state index in [1.165, 1.54) is 6.20 Å². The van der Waals surface area contributed by atoms with Gasteiger partial charge < -0.3 is 10.2 Å². The maximum atomic E-state index is 13.0. The predicted molar refractivity (Wildman–Crippen MR) is 87.3 cm³/mol. The second-order valence-corrected chi connectivity index (χ2v) is 6.77. The average Bonchev–Trinajstić information content (AvgIpc) is 2.94. The number of carbonyl (C=O) groups excluding carboxylic acids is 2. The molecule has 0 spiro atoms. The molecular formula is C17H21F3N4O2. The number of nitrogens with zero attached hydrogens (tertiary/aromatic N) is 3. The van der Waals surface area contributed by atoms with Crippen LogP contribution in [0.25, 0.3) is 0 Å². The van der Waals surface area contributed by atoms with E-state index in [0.29, 0.717) is 32.1 Å². The second-order valence-electron chi connectivity index (χ2n) is 6.77. The van der Waals surface area contributed by atoms with Crippen molar-refractivity contribution in [2.24, 2.45) is 0 Å². The maximum absolute atomic E-state index is 13.0. The van der Waals surface area contributed by atoms with E-state index < -0.39 is 23.2 Å². The van der Waals surface area contributed by atoms with Crippen molar-refractivity contribution in [2.75, 3.05) is 26.7 Å². The molecule has 2 fully saturated rings.